The molecule has 23 heavy (non-hydrogen) atoms. The summed E-state index contributed by atoms with van der Waals surface area (Å²) in [6, 6.07) is 14.5. The van der Waals surface area contributed by atoms with Crippen molar-refractivity contribution in [1.82, 2.24) is 10.2 Å². The minimum absolute atomic E-state index is 0.0734. The Kier molecular flexibility index (Phi) is 4.15. The number of carbonyl (C=O) groups is 1. The largest absolute Gasteiger partial charge is 0.411 e. The second-order valence-corrected chi connectivity index (χ2v) is 5.36. The number of hydrogen-bond donors (Lipinski definition) is 0. The van der Waals surface area contributed by atoms with Crippen LogP contribution in [0.25, 0.3) is 11.5 Å². The summed E-state index contributed by atoms with van der Waals surface area (Å²) in [6.45, 7) is 0. The molecule has 0 saturated heterocycles. The molecule has 1 aromatic heterocycles. The lowest BCUT2D eigenvalue weighted by Crippen LogP contribution is -1.94. The first-order chi connectivity index (χ1) is 11.1. The molecule has 0 unspecified atom stereocenters. The van der Waals surface area contributed by atoms with E-state index in [2.05, 4.69) is 10.2 Å². The molecule has 3 aromatic rings. The maximum atomic E-state index is 12.1. The van der Waals surface area contributed by atoms with E-state index in [1.807, 2.05) is 30.3 Å². The zero-order chi connectivity index (χ0) is 16.2. The van der Waals surface area contributed by atoms with Crippen LogP contribution < -0.4 is 0 Å². The van der Waals surface area contributed by atoms with E-state index in [0.29, 0.717) is 11.5 Å². The fraction of sp³-hybridized carbons (Fsp3) is 0. The summed E-state index contributed by atoms with van der Waals surface area (Å²) in [7, 11) is 0. The van der Waals surface area contributed by atoms with Gasteiger partial charge in [-0.25, -0.2) is 0 Å². The van der Waals surface area contributed by atoms with Crippen LogP contribution in [0.5, 0.6) is 0 Å². The molecule has 7 nitrogen and oxygen atoms in total. The van der Waals surface area contributed by atoms with Gasteiger partial charge in [0.05, 0.1) is 4.92 Å². The molecule has 0 N–H and O–H groups in total. The minimum Gasteiger partial charge on any atom is -0.411 e. The highest BCUT2D eigenvalue weighted by Crippen LogP contribution is 2.26. The van der Waals surface area contributed by atoms with Crippen molar-refractivity contribution in [2.75, 3.05) is 0 Å². The van der Waals surface area contributed by atoms with E-state index in [-0.39, 0.29) is 16.0 Å². The molecule has 0 aliphatic carbocycles. The summed E-state index contributed by atoms with van der Waals surface area (Å²) in [5.74, 6) is 0.324. The van der Waals surface area contributed by atoms with Crippen LogP contribution in [0.2, 0.25) is 0 Å². The normalized spacial score (nSPS) is 10.4. The molecule has 0 fully saturated rings. The zero-order valence-electron chi connectivity index (χ0n) is 11.6. The van der Waals surface area contributed by atoms with Crippen LogP contribution in [0.3, 0.4) is 0 Å². The van der Waals surface area contributed by atoms with Crippen molar-refractivity contribution < 1.29 is 14.1 Å². The number of aromatic nitrogens is 2. The smallest absolute Gasteiger partial charge is 0.284 e. The van der Waals surface area contributed by atoms with E-state index < -0.39 is 4.92 Å². The molecule has 0 bridgehead atoms. The van der Waals surface area contributed by atoms with Gasteiger partial charge in [0.2, 0.25) is 11.0 Å². The van der Waals surface area contributed by atoms with Crippen molar-refractivity contribution in [1.29, 1.82) is 0 Å². The molecule has 114 valence electrons. The number of benzene rings is 2. The molecule has 0 saturated carbocycles. The third-order valence-corrected chi connectivity index (χ3v) is 3.68. The van der Waals surface area contributed by atoms with E-state index in [1.54, 1.807) is 0 Å². The van der Waals surface area contributed by atoms with E-state index in [9.17, 15) is 14.9 Å². The Bertz CT molecular complexity index is 847. The summed E-state index contributed by atoms with van der Waals surface area (Å²) in [5, 5.41) is 18.1. The highest BCUT2D eigenvalue weighted by atomic mass is 32.2. The average Bonchev–Trinajstić information content (AvgIpc) is 3.04. The third kappa shape index (κ3) is 3.43. The number of hydrogen-bond acceptors (Lipinski definition) is 7. The minimum atomic E-state index is -0.522. The van der Waals surface area contributed by atoms with Crippen LogP contribution in [0.4, 0.5) is 5.69 Å². The maximum Gasteiger partial charge on any atom is 0.284 e. The van der Waals surface area contributed by atoms with E-state index in [1.165, 1.54) is 24.3 Å². The molecule has 0 spiro atoms. The van der Waals surface area contributed by atoms with Crippen LogP contribution in [-0.4, -0.2) is 20.2 Å². The summed E-state index contributed by atoms with van der Waals surface area (Å²) < 4.78 is 5.44. The number of nitro groups is 1. The molecule has 1 heterocycles. The first-order valence-electron chi connectivity index (χ1n) is 6.49. The summed E-state index contributed by atoms with van der Waals surface area (Å²) in [4.78, 5) is 22.2. The Balaban J connectivity index is 1.73. The van der Waals surface area contributed by atoms with Crippen molar-refractivity contribution >= 4 is 22.6 Å². The number of thioether (sulfide) groups is 1. The topological polar surface area (TPSA) is 99.1 Å². The summed E-state index contributed by atoms with van der Waals surface area (Å²) in [6.07, 6.45) is 0. The van der Waals surface area contributed by atoms with Gasteiger partial charge in [-0.3, -0.25) is 14.9 Å². The fourth-order valence-electron chi connectivity index (χ4n) is 1.81. The Labute approximate surface area is 134 Å². The number of nitrogens with zero attached hydrogens (tertiary/aromatic N) is 3. The van der Waals surface area contributed by atoms with Crippen LogP contribution in [0, 0.1) is 10.1 Å². The molecular formula is C15H9N3O4S. The maximum absolute atomic E-state index is 12.1. The van der Waals surface area contributed by atoms with Gasteiger partial charge in [-0.1, -0.05) is 18.2 Å². The van der Waals surface area contributed by atoms with Gasteiger partial charge in [0.1, 0.15) is 0 Å². The fourth-order valence-corrected chi connectivity index (χ4v) is 2.42. The quantitative estimate of drug-likeness (QED) is 0.410. The van der Waals surface area contributed by atoms with Crippen molar-refractivity contribution in [3.8, 4) is 11.5 Å². The van der Waals surface area contributed by atoms with E-state index in [0.717, 1.165) is 17.3 Å². The highest BCUT2D eigenvalue weighted by Gasteiger charge is 2.16. The van der Waals surface area contributed by atoms with Gasteiger partial charge in [-0.05, 0) is 24.3 Å². The standard InChI is InChI=1S/C15H9N3O4S/c19-14(11-6-8-12(9-7-11)18(20)21)23-15-17-16-13(22-15)10-4-2-1-3-5-10/h1-9H. The first kappa shape index (κ1) is 14.9. The van der Waals surface area contributed by atoms with E-state index in [4.69, 9.17) is 4.42 Å². The van der Waals surface area contributed by atoms with Crippen molar-refractivity contribution in [2.24, 2.45) is 0 Å². The molecule has 0 atom stereocenters. The number of nitro benzene ring substituents is 1. The van der Waals surface area contributed by atoms with Gasteiger partial charge in [-0.2, -0.15) is 0 Å². The Morgan fingerprint density at radius 1 is 1.04 bits per heavy atom. The van der Waals surface area contributed by atoms with Gasteiger partial charge in [0.25, 0.3) is 10.9 Å². The molecule has 8 heteroatoms. The monoisotopic (exact) mass is 327 g/mol. The summed E-state index contributed by atoms with van der Waals surface area (Å²) >= 11 is 0.777. The number of rotatable bonds is 4. The van der Waals surface area contributed by atoms with Crippen LogP contribution in [0.15, 0.2) is 64.2 Å². The second kappa shape index (κ2) is 6.41. The molecule has 0 amide bonds. The van der Waals surface area contributed by atoms with Crippen molar-refractivity contribution in [3.63, 3.8) is 0 Å². The van der Waals surface area contributed by atoms with Gasteiger partial charge in [0, 0.05) is 35.0 Å². The zero-order valence-corrected chi connectivity index (χ0v) is 12.4. The van der Waals surface area contributed by atoms with Crippen molar-refractivity contribution in [2.45, 2.75) is 5.22 Å². The molecule has 0 aliphatic rings. The molecule has 0 aliphatic heterocycles. The lowest BCUT2D eigenvalue weighted by molar-refractivity contribution is -0.384. The SMILES string of the molecule is O=C(Sc1nnc(-c2ccccc2)o1)c1ccc([N+](=O)[O-])cc1. The molecular weight excluding hydrogens is 318 g/mol. The predicted octanol–water partition coefficient (Wildman–Crippen LogP) is 3.58. The van der Waals surface area contributed by atoms with E-state index >= 15 is 0 Å². The lowest BCUT2D eigenvalue weighted by atomic mass is 10.2. The van der Waals surface area contributed by atoms with Gasteiger partial charge < -0.3 is 4.42 Å². The lowest BCUT2D eigenvalue weighted by Gasteiger charge is -1.97. The van der Waals surface area contributed by atoms with Crippen molar-refractivity contribution in [3.05, 3.63) is 70.3 Å². The van der Waals surface area contributed by atoms with Crippen LogP contribution in [0.1, 0.15) is 10.4 Å². The number of non-ortho nitro benzene ring substituents is 1. The molecule has 0 radical (unpaired) electrons. The predicted molar refractivity (Wildman–Crippen MR) is 83.0 cm³/mol. The van der Waals surface area contributed by atoms with Gasteiger partial charge >= 0.3 is 0 Å². The Hall–Kier alpha value is -3.00. The first-order valence-corrected chi connectivity index (χ1v) is 7.31. The third-order valence-electron chi connectivity index (χ3n) is 2.92. The Morgan fingerprint density at radius 3 is 2.39 bits per heavy atom. The van der Waals surface area contributed by atoms with Crippen LogP contribution >= 0.6 is 11.8 Å². The highest BCUT2D eigenvalue weighted by molar-refractivity contribution is 8.14. The second-order valence-electron chi connectivity index (χ2n) is 4.43. The van der Waals surface area contributed by atoms with Gasteiger partial charge in [-0.15, -0.1) is 10.2 Å². The Morgan fingerprint density at radius 2 is 1.74 bits per heavy atom. The van der Waals surface area contributed by atoms with Crippen LogP contribution in [-0.2, 0) is 0 Å². The molecule has 2 aromatic carbocycles. The molecule has 3 rings (SSSR count). The summed E-state index contributed by atoms with van der Waals surface area (Å²) in [5.41, 5.74) is 1.01. The average molecular weight is 327 g/mol. The number of carbonyl (C=O) groups excluding carboxylic acids is 1. The van der Waals surface area contributed by atoms with Gasteiger partial charge in [0.15, 0.2) is 0 Å².